The van der Waals surface area contributed by atoms with E-state index in [2.05, 4.69) is 17.2 Å². The van der Waals surface area contributed by atoms with Crippen molar-refractivity contribution >= 4 is 11.8 Å². The highest BCUT2D eigenvalue weighted by molar-refractivity contribution is 5.86. The summed E-state index contributed by atoms with van der Waals surface area (Å²) in [6.07, 6.45) is 2.93. The van der Waals surface area contributed by atoms with Crippen molar-refractivity contribution < 1.29 is 19.8 Å². The molecule has 0 unspecified atom stereocenters. The van der Waals surface area contributed by atoms with Crippen molar-refractivity contribution in [1.82, 2.24) is 10.6 Å². The molecule has 31 heavy (non-hydrogen) atoms. The Morgan fingerprint density at radius 1 is 0.839 bits per heavy atom. The van der Waals surface area contributed by atoms with Crippen LogP contribution in [-0.2, 0) is 22.4 Å². The summed E-state index contributed by atoms with van der Waals surface area (Å²) in [7, 11) is 0. The van der Waals surface area contributed by atoms with Gasteiger partial charge < -0.3 is 20.8 Å². The molecular formula is C25H32N2O4. The number of hydrogen-bond donors (Lipinski definition) is 4. The van der Waals surface area contributed by atoms with E-state index in [0.717, 1.165) is 11.1 Å². The molecule has 2 amide bonds. The number of nitrogens with one attached hydrogen (secondary N) is 2. The van der Waals surface area contributed by atoms with Gasteiger partial charge in [-0.25, -0.2) is 0 Å². The minimum Gasteiger partial charge on any atom is -0.394 e. The van der Waals surface area contributed by atoms with Crippen molar-refractivity contribution in [2.24, 2.45) is 5.92 Å². The maximum absolute atomic E-state index is 12.8. The number of rotatable bonds is 13. The average Bonchev–Trinajstić information content (AvgIpc) is 2.79. The maximum atomic E-state index is 12.8. The molecule has 0 radical (unpaired) electrons. The van der Waals surface area contributed by atoms with Crippen LogP contribution in [0.25, 0.3) is 0 Å². The van der Waals surface area contributed by atoms with Crippen LogP contribution < -0.4 is 10.6 Å². The average molecular weight is 425 g/mol. The molecule has 6 heteroatoms. The molecule has 3 atom stereocenters. The van der Waals surface area contributed by atoms with Crippen molar-refractivity contribution in [3.05, 3.63) is 84.4 Å². The Morgan fingerprint density at radius 3 is 1.77 bits per heavy atom. The first-order valence-corrected chi connectivity index (χ1v) is 10.6. The van der Waals surface area contributed by atoms with Crippen molar-refractivity contribution in [3.8, 4) is 0 Å². The van der Waals surface area contributed by atoms with E-state index in [0.29, 0.717) is 19.3 Å². The molecule has 2 rings (SSSR count). The second kappa shape index (κ2) is 13.4. The third-order valence-electron chi connectivity index (χ3n) is 5.06. The summed E-state index contributed by atoms with van der Waals surface area (Å²) in [6.45, 7) is 3.30. The summed E-state index contributed by atoms with van der Waals surface area (Å²) in [5.74, 6) is -1.20. The molecule has 0 fully saturated rings. The van der Waals surface area contributed by atoms with Crippen molar-refractivity contribution in [2.75, 3.05) is 13.2 Å². The number of carbonyl (C=O) groups is 2. The molecule has 0 aromatic heterocycles. The maximum Gasteiger partial charge on any atom is 0.224 e. The van der Waals surface area contributed by atoms with Gasteiger partial charge in [-0.15, -0.1) is 6.58 Å². The quantitative estimate of drug-likeness (QED) is 0.370. The Labute approximate surface area is 184 Å². The van der Waals surface area contributed by atoms with E-state index in [4.69, 9.17) is 0 Å². The summed E-state index contributed by atoms with van der Waals surface area (Å²) in [5.41, 5.74) is 2.01. The molecule has 0 aliphatic carbocycles. The smallest absolute Gasteiger partial charge is 0.224 e. The van der Waals surface area contributed by atoms with Gasteiger partial charge in [0.1, 0.15) is 0 Å². The number of benzene rings is 2. The first kappa shape index (κ1) is 24.3. The topological polar surface area (TPSA) is 98.7 Å². The van der Waals surface area contributed by atoms with Crippen LogP contribution in [0, 0.1) is 5.92 Å². The zero-order valence-corrected chi connectivity index (χ0v) is 17.7. The molecule has 4 N–H and O–H groups in total. The van der Waals surface area contributed by atoms with Gasteiger partial charge >= 0.3 is 0 Å². The molecule has 0 saturated carbocycles. The number of allylic oxidation sites excluding steroid dienone is 1. The monoisotopic (exact) mass is 424 g/mol. The molecule has 6 nitrogen and oxygen atoms in total. The number of aliphatic hydroxyl groups is 2. The lowest BCUT2D eigenvalue weighted by atomic mass is 9.98. The Hall–Kier alpha value is -2.96. The zero-order valence-electron chi connectivity index (χ0n) is 17.7. The molecule has 0 aliphatic rings. The highest BCUT2D eigenvalue weighted by Gasteiger charge is 2.24. The Balaban J connectivity index is 1.92. The van der Waals surface area contributed by atoms with Crippen LogP contribution in [0.1, 0.15) is 24.0 Å². The predicted molar refractivity (Wildman–Crippen MR) is 121 cm³/mol. The van der Waals surface area contributed by atoms with Crippen LogP contribution in [0.4, 0.5) is 0 Å². The second-order valence-electron chi connectivity index (χ2n) is 7.64. The van der Waals surface area contributed by atoms with Crippen LogP contribution in [0.3, 0.4) is 0 Å². The van der Waals surface area contributed by atoms with Crippen LogP contribution in [0.2, 0.25) is 0 Å². The van der Waals surface area contributed by atoms with Crippen LogP contribution >= 0.6 is 0 Å². The lowest BCUT2D eigenvalue weighted by molar-refractivity contribution is -0.131. The van der Waals surface area contributed by atoms with E-state index in [1.807, 2.05) is 60.7 Å². The number of carbonyl (C=O) groups excluding carboxylic acids is 2. The molecule has 0 saturated heterocycles. The van der Waals surface area contributed by atoms with Gasteiger partial charge in [-0.05, 0) is 30.4 Å². The number of aliphatic hydroxyl groups excluding tert-OH is 2. The van der Waals surface area contributed by atoms with Crippen LogP contribution in [0.5, 0.6) is 0 Å². The minimum absolute atomic E-state index is 0.0212. The highest BCUT2D eigenvalue weighted by atomic mass is 16.3. The van der Waals surface area contributed by atoms with Gasteiger partial charge in [0.2, 0.25) is 11.8 Å². The second-order valence-corrected chi connectivity index (χ2v) is 7.64. The molecule has 2 aromatic carbocycles. The van der Waals surface area contributed by atoms with E-state index in [-0.39, 0.29) is 31.4 Å². The number of hydrogen-bond acceptors (Lipinski definition) is 4. The summed E-state index contributed by atoms with van der Waals surface area (Å²) in [5, 5.41) is 25.0. The van der Waals surface area contributed by atoms with E-state index < -0.39 is 18.0 Å². The molecule has 0 aliphatic heterocycles. The summed E-state index contributed by atoms with van der Waals surface area (Å²) >= 11 is 0. The summed E-state index contributed by atoms with van der Waals surface area (Å²) < 4.78 is 0. The lowest BCUT2D eigenvalue weighted by Crippen LogP contribution is -2.45. The van der Waals surface area contributed by atoms with Crippen LogP contribution in [-0.4, -0.2) is 47.3 Å². The lowest BCUT2D eigenvalue weighted by Gasteiger charge is -2.22. The van der Waals surface area contributed by atoms with Gasteiger partial charge in [-0.1, -0.05) is 66.7 Å². The Morgan fingerprint density at radius 2 is 1.32 bits per heavy atom. The number of amides is 2. The van der Waals surface area contributed by atoms with Gasteiger partial charge in [0.05, 0.1) is 31.2 Å². The largest absolute Gasteiger partial charge is 0.394 e. The minimum atomic E-state index is -0.599. The molecule has 0 bridgehead atoms. The molecule has 2 aromatic rings. The van der Waals surface area contributed by atoms with Gasteiger partial charge in [-0.2, -0.15) is 0 Å². The predicted octanol–water partition coefficient (Wildman–Crippen LogP) is 2.01. The fourth-order valence-electron chi connectivity index (χ4n) is 3.43. The van der Waals surface area contributed by atoms with Gasteiger partial charge in [-0.3, -0.25) is 9.59 Å². The standard InChI is InChI=1S/C25H32N2O4/c1-2-9-21(25(31)27-23(18-29)15-20-12-7-4-8-13-20)16-24(30)26-22(17-28)14-19-10-5-3-6-11-19/h2-8,10-13,21-23,28-29H,1,9,14-18H2,(H,26,30)(H,27,31)/t21-,22-,23-/m1/s1. The van der Waals surface area contributed by atoms with Crippen molar-refractivity contribution in [2.45, 2.75) is 37.8 Å². The zero-order chi connectivity index (χ0) is 22.5. The van der Waals surface area contributed by atoms with E-state index >= 15 is 0 Å². The highest BCUT2D eigenvalue weighted by Crippen LogP contribution is 2.12. The first-order valence-electron chi connectivity index (χ1n) is 10.6. The van der Waals surface area contributed by atoms with E-state index in [9.17, 15) is 19.8 Å². The van der Waals surface area contributed by atoms with Crippen molar-refractivity contribution in [1.29, 1.82) is 0 Å². The fourth-order valence-corrected chi connectivity index (χ4v) is 3.43. The van der Waals surface area contributed by atoms with Crippen molar-refractivity contribution in [3.63, 3.8) is 0 Å². The molecule has 0 heterocycles. The molecule has 0 spiro atoms. The Bertz CT molecular complexity index is 811. The molecular weight excluding hydrogens is 392 g/mol. The Kier molecular flexibility index (Phi) is 10.5. The van der Waals surface area contributed by atoms with E-state index in [1.54, 1.807) is 6.08 Å². The normalized spacial score (nSPS) is 13.6. The summed E-state index contributed by atoms with van der Waals surface area (Å²) in [4.78, 5) is 25.3. The SMILES string of the molecule is C=CC[C@H](CC(=O)N[C@@H](CO)Cc1ccccc1)C(=O)N[C@@H](CO)Cc1ccccc1. The molecule has 166 valence electrons. The third kappa shape index (κ3) is 8.74. The van der Waals surface area contributed by atoms with Crippen LogP contribution in [0.15, 0.2) is 73.3 Å². The summed E-state index contributed by atoms with van der Waals surface area (Å²) in [6, 6.07) is 18.3. The van der Waals surface area contributed by atoms with Gasteiger partial charge in [0.15, 0.2) is 0 Å². The third-order valence-corrected chi connectivity index (χ3v) is 5.06. The fraction of sp³-hybridized carbons (Fsp3) is 0.360. The van der Waals surface area contributed by atoms with Gasteiger partial charge in [0.25, 0.3) is 0 Å². The van der Waals surface area contributed by atoms with Gasteiger partial charge in [0, 0.05) is 6.42 Å². The van der Waals surface area contributed by atoms with E-state index in [1.165, 1.54) is 0 Å². The first-order chi connectivity index (χ1) is 15.0.